The van der Waals surface area contributed by atoms with Crippen molar-refractivity contribution < 1.29 is 14.6 Å². The highest BCUT2D eigenvalue weighted by atomic mass is 16.5. The van der Waals surface area contributed by atoms with Crippen LogP contribution in [0.15, 0.2) is 12.1 Å². The van der Waals surface area contributed by atoms with Crippen molar-refractivity contribution in [3.63, 3.8) is 0 Å². The molecule has 0 spiro atoms. The SMILES string of the molecule is CC(C)OC(=O)CC(C)c1cc(C(C)(C)C)c(O)c(C(C)(C)C)c1. The Hall–Kier alpha value is -1.51. The fourth-order valence-electron chi connectivity index (χ4n) is 2.76. The Balaban J connectivity index is 3.31. The maximum Gasteiger partial charge on any atom is 0.306 e. The minimum absolute atomic E-state index is 0.0408. The van der Waals surface area contributed by atoms with E-state index >= 15 is 0 Å². The van der Waals surface area contributed by atoms with Gasteiger partial charge in [-0.05, 0) is 47.3 Å². The first-order valence-corrected chi connectivity index (χ1v) is 8.80. The van der Waals surface area contributed by atoms with Gasteiger partial charge in [0.05, 0.1) is 12.5 Å². The Labute approximate surface area is 147 Å². The van der Waals surface area contributed by atoms with E-state index in [1.54, 1.807) is 0 Å². The highest BCUT2D eigenvalue weighted by Crippen LogP contribution is 2.41. The van der Waals surface area contributed by atoms with E-state index in [9.17, 15) is 9.90 Å². The molecule has 0 aliphatic rings. The monoisotopic (exact) mass is 334 g/mol. The molecule has 24 heavy (non-hydrogen) atoms. The van der Waals surface area contributed by atoms with Crippen molar-refractivity contribution in [2.24, 2.45) is 0 Å². The molecule has 0 amide bonds. The summed E-state index contributed by atoms with van der Waals surface area (Å²) in [6.07, 6.45) is 0.246. The molecule has 3 heteroatoms. The van der Waals surface area contributed by atoms with Gasteiger partial charge in [-0.3, -0.25) is 4.79 Å². The largest absolute Gasteiger partial charge is 0.507 e. The van der Waals surface area contributed by atoms with Gasteiger partial charge in [-0.25, -0.2) is 0 Å². The summed E-state index contributed by atoms with van der Waals surface area (Å²) in [5, 5.41) is 10.8. The van der Waals surface area contributed by atoms with Crippen molar-refractivity contribution >= 4 is 5.97 Å². The van der Waals surface area contributed by atoms with Gasteiger partial charge in [0.15, 0.2) is 0 Å². The molecule has 0 heterocycles. The number of ether oxygens (including phenoxy) is 1. The Morgan fingerprint density at radius 3 is 1.75 bits per heavy atom. The number of carbonyl (C=O) groups is 1. The molecule has 1 rings (SSSR count). The number of rotatable bonds is 4. The number of benzene rings is 1. The first-order chi connectivity index (χ1) is 10.7. The van der Waals surface area contributed by atoms with Crippen LogP contribution in [0.3, 0.4) is 0 Å². The number of phenolic OH excluding ortho intramolecular Hbond substituents is 1. The summed E-state index contributed by atoms with van der Waals surface area (Å²) in [5.41, 5.74) is 2.59. The fraction of sp³-hybridized carbons (Fsp3) is 0.667. The Bertz CT molecular complexity index is 551. The van der Waals surface area contributed by atoms with E-state index in [-0.39, 0.29) is 28.8 Å². The molecule has 0 radical (unpaired) electrons. The molecular weight excluding hydrogens is 300 g/mol. The van der Waals surface area contributed by atoms with Crippen molar-refractivity contribution in [2.75, 3.05) is 0 Å². The van der Waals surface area contributed by atoms with Crippen LogP contribution in [0.2, 0.25) is 0 Å². The third kappa shape index (κ3) is 5.25. The second-order valence-electron chi connectivity index (χ2n) is 9.11. The molecule has 0 aliphatic heterocycles. The zero-order valence-electron chi connectivity index (χ0n) is 16.8. The lowest BCUT2D eigenvalue weighted by Crippen LogP contribution is -2.19. The van der Waals surface area contributed by atoms with Gasteiger partial charge in [-0.1, -0.05) is 60.6 Å². The molecule has 0 fully saturated rings. The van der Waals surface area contributed by atoms with E-state index in [2.05, 4.69) is 41.5 Å². The first kappa shape index (κ1) is 20.5. The Morgan fingerprint density at radius 1 is 1.00 bits per heavy atom. The van der Waals surface area contributed by atoms with Gasteiger partial charge in [0, 0.05) is 0 Å². The topological polar surface area (TPSA) is 46.5 Å². The standard InChI is InChI=1S/C21H34O3/c1-13(2)24-18(22)10-14(3)15-11-16(20(4,5)6)19(23)17(12-15)21(7,8)9/h11-14,23H,10H2,1-9H3. The van der Waals surface area contributed by atoms with Crippen molar-refractivity contribution in [3.05, 3.63) is 28.8 Å². The molecule has 0 saturated heterocycles. The minimum atomic E-state index is -0.180. The Kier molecular flexibility index (Phi) is 6.13. The summed E-state index contributed by atoms with van der Waals surface area (Å²) >= 11 is 0. The average Bonchev–Trinajstić information content (AvgIpc) is 2.34. The fourth-order valence-corrected chi connectivity index (χ4v) is 2.76. The molecule has 0 aliphatic carbocycles. The lowest BCUT2D eigenvalue weighted by molar-refractivity contribution is -0.147. The van der Waals surface area contributed by atoms with Crippen LogP contribution in [0.25, 0.3) is 0 Å². The molecule has 0 saturated carbocycles. The third-order valence-corrected chi connectivity index (χ3v) is 4.16. The highest BCUT2D eigenvalue weighted by molar-refractivity contribution is 5.70. The zero-order valence-corrected chi connectivity index (χ0v) is 16.8. The first-order valence-electron chi connectivity index (χ1n) is 8.80. The van der Waals surface area contributed by atoms with Gasteiger partial charge in [0.25, 0.3) is 0 Å². The quantitative estimate of drug-likeness (QED) is 0.747. The van der Waals surface area contributed by atoms with Crippen LogP contribution in [0.5, 0.6) is 5.75 Å². The van der Waals surface area contributed by atoms with Gasteiger partial charge in [-0.15, -0.1) is 0 Å². The average molecular weight is 335 g/mol. The van der Waals surface area contributed by atoms with Gasteiger partial charge in [0.2, 0.25) is 0 Å². The molecule has 0 aromatic heterocycles. The number of carbonyl (C=O) groups excluding carboxylic acids is 1. The van der Waals surface area contributed by atoms with Gasteiger partial charge in [0.1, 0.15) is 5.75 Å². The zero-order chi connectivity index (χ0) is 18.9. The normalized spacial score (nSPS) is 13.9. The number of esters is 1. The van der Waals surface area contributed by atoms with E-state index < -0.39 is 0 Å². The van der Waals surface area contributed by atoms with E-state index in [1.807, 2.05) is 32.9 Å². The predicted octanol–water partition coefficient (Wildman–Crippen LogP) is 5.43. The van der Waals surface area contributed by atoms with Crippen molar-refractivity contribution in [1.29, 1.82) is 0 Å². The summed E-state index contributed by atoms with van der Waals surface area (Å²) in [5.74, 6) is 0.231. The molecule has 1 N–H and O–H groups in total. The predicted molar refractivity (Wildman–Crippen MR) is 99.8 cm³/mol. The second kappa shape index (κ2) is 7.16. The van der Waals surface area contributed by atoms with Crippen LogP contribution < -0.4 is 0 Å². The molecule has 3 nitrogen and oxygen atoms in total. The number of phenols is 1. The van der Waals surface area contributed by atoms with Gasteiger partial charge in [-0.2, -0.15) is 0 Å². The molecule has 136 valence electrons. The summed E-state index contributed by atoms with van der Waals surface area (Å²) in [6.45, 7) is 18.3. The number of aromatic hydroxyl groups is 1. The van der Waals surface area contributed by atoms with Crippen molar-refractivity contribution in [2.45, 2.75) is 91.6 Å². The molecular formula is C21H34O3. The third-order valence-electron chi connectivity index (χ3n) is 4.16. The molecule has 1 aromatic carbocycles. The van der Waals surface area contributed by atoms with E-state index in [0.29, 0.717) is 12.2 Å². The van der Waals surface area contributed by atoms with Crippen LogP contribution in [0, 0.1) is 0 Å². The molecule has 1 aromatic rings. The van der Waals surface area contributed by atoms with Crippen LogP contribution in [0.1, 0.15) is 91.3 Å². The Morgan fingerprint density at radius 2 is 1.42 bits per heavy atom. The van der Waals surface area contributed by atoms with Crippen LogP contribution in [-0.2, 0) is 20.4 Å². The maximum absolute atomic E-state index is 12.0. The highest BCUT2D eigenvalue weighted by Gasteiger charge is 2.28. The number of hydrogen-bond acceptors (Lipinski definition) is 3. The maximum atomic E-state index is 12.0. The molecule has 1 unspecified atom stereocenters. The summed E-state index contributed by atoms with van der Waals surface area (Å²) in [7, 11) is 0. The van der Waals surface area contributed by atoms with Crippen LogP contribution >= 0.6 is 0 Å². The second-order valence-corrected chi connectivity index (χ2v) is 9.11. The summed E-state index contributed by atoms with van der Waals surface area (Å²) in [4.78, 5) is 12.0. The minimum Gasteiger partial charge on any atom is -0.507 e. The summed E-state index contributed by atoms with van der Waals surface area (Å²) < 4.78 is 5.27. The van der Waals surface area contributed by atoms with Gasteiger partial charge < -0.3 is 9.84 Å². The molecule has 0 bridgehead atoms. The molecule has 1 atom stereocenters. The van der Waals surface area contributed by atoms with Crippen molar-refractivity contribution in [1.82, 2.24) is 0 Å². The van der Waals surface area contributed by atoms with Crippen LogP contribution in [0.4, 0.5) is 0 Å². The lowest BCUT2D eigenvalue weighted by atomic mass is 9.77. The lowest BCUT2D eigenvalue weighted by Gasteiger charge is -2.29. The van der Waals surface area contributed by atoms with E-state index in [1.165, 1.54) is 0 Å². The number of hydrogen-bond donors (Lipinski definition) is 1. The van der Waals surface area contributed by atoms with Crippen LogP contribution in [-0.4, -0.2) is 17.2 Å². The van der Waals surface area contributed by atoms with E-state index in [0.717, 1.165) is 16.7 Å². The smallest absolute Gasteiger partial charge is 0.306 e. The van der Waals surface area contributed by atoms with Gasteiger partial charge >= 0.3 is 5.97 Å². The summed E-state index contributed by atoms with van der Waals surface area (Å²) in [6, 6.07) is 4.08. The van der Waals surface area contributed by atoms with Crippen molar-refractivity contribution in [3.8, 4) is 5.75 Å². The van der Waals surface area contributed by atoms with E-state index in [4.69, 9.17) is 4.74 Å².